The summed E-state index contributed by atoms with van der Waals surface area (Å²) in [5.41, 5.74) is 4.29. The maximum Gasteiger partial charge on any atom is 0.408 e. The van der Waals surface area contributed by atoms with Gasteiger partial charge in [0.1, 0.15) is 28.3 Å². The van der Waals surface area contributed by atoms with E-state index < -0.39 is 46.6 Å². The van der Waals surface area contributed by atoms with Gasteiger partial charge in [0.05, 0.1) is 0 Å². The van der Waals surface area contributed by atoms with Crippen LogP contribution in [0.3, 0.4) is 0 Å². The largest absolute Gasteiger partial charge is 0.448 e. The van der Waals surface area contributed by atoms with E-state index in [-0.39, 0.29) is 23.3 Å². The third kappa shape index (κ3) is 9.19. The van der Waals surface area contributed by atoms with Crippen LogP contribution < -0.4 is 15.5 Å². The molecule has 4 amide bonds. The number of rotatable bonds is 12. The number of esters is 1. The summed E-state index contributed by atoms with van der Waals surface area (Å²) < 4.78 is 11.8. The van der Waals surface area contributed by atoms with Crippen molar-refractivity contribution in [1.82, 2.24) is 15.5 Å². The van der Waals surface area contributed by atoms with Crippen LogP contribution in [-0.4, -0.2) is 64.0 Å². The third-order valence-electron chi connectivity index (χ3n) is 12.1. The number of carbonyl (C=O) groups excluding carboxylic acids is 5. The number of allylic oxidation sites excluding steroid dienone is 1. The number of β-lactam (4-membered cyclic amide) rings is 1. The molecule has 6 aromatic rings. The normalized spacial score (nSPS) is 17.7. The summed E-state index contributed by atoms with van der Waals surface area (Å²) in [6.45, 7) is 5.56. The SMILES string of the molecule is CC(C)(C)OC(=O)N[C@@H]1C(=O)N2C(C(=O)OC(c3ccccc3)c3ccccc3)=C(C=C3CCN(c4ccc(C(=O)NC(c5ccccc5)(c5ccccc5)c5ccccc5)cc4)C3=O)CS[C@H]12. The second-order valence-electron chi connectivity index (χ2n) is 17.7. The van der Waals surface area contributed by atoms with Gasteiger partial charge in [-0.3, -0.25) is 19.3 Å². The Morgan fingerprint density at radius 2 is 1.19 bits per heavy atom. The Morgan fingerprint density at radius 3 is 1.69 bits per heavy atom. The summed E-state index contributed by atoms with van der Waals surface area (Å²) in [5, 5.41) is 5.47. The van der Waals surface area contributed by atoms with E-state index in [1.165, 1.54) is 16.7 Å². The van der Waals surface area contributed by atoms with Crippen LogP contribution in [0.15, 0.2) is 199 Å². The quantitative estimate of drug-likeness (QED) is 0.0537. The Labute approximate surface area is 399 Å². The average molecular weight is 923 g/mol. The highest BCUT2D eigenvalue weighted by atomic mass is 32.2. The zero-order valence-electron chi connectivity index (χ0n) is 37.8. The summed E-state index contributed by atoms with van der Waals surface area (Å²) >= 11 is 1.37. The summed E-state index contributed by atoms with van der Waals surface area (Å²) in [4.78, 5) is 73.1. The highest BCUT2D eigenvalue weighted by Gasteiger charge is 2.55. The molecule has 0 radical (unpaired) electrons. The second-order valence-corrected chi connectivity index (χ2v) is 18.8. The van der Waals surface area contributed by atoms with Crippen molar-refractivity contribution in [1.29, 1.82) is 0 Å². The third-order valence-corrected chi connectivity index (χ3v) is 13.4. The maximum absolute atomic E-state index is 14.6. The van der Waals surface area contributed by atoms with Crippen LogP contribution in [0.5, 0.6) is 0 Å². The number of nitrogens with one attached hydrogen (secondary N) is 2. The number of amides is 4. The fourth-order valence-corrected chi connectivity index (χ4v) is 10.3. The van der Waals surface area contributed by atoms with Crippen molar-refractivity contribution in [3.05, 3.63) is 232 Å². The molecule has 0 saturated carbocycles. The number of ether oxygens (including phenoxy) is 2. The van der Waals surface area contributed by atoms with E-state index in [4.69, 9.17) is 9.47 Å². The first kappa shape index (κ1) is 45.5. The predicted octanol–water partition coefficient (Wildman–Crippen LogP) is 9.47. The number of hydrogen-bond acceptors (Lipinski definition) is 8. The first-order chi connectivity index (χ1) is 32.9. The predicted molar refractivity (Wildman–Crippen MR) is 262 cm³/mol. The molecular formula is C56H50N4O7S. The second kappa shape index (κ2) is 19.3. The molecule has 9 rings (SSSR count). The average Bonchev–Trinajstić information content (AvgIpc) is 3.73. The number of carbonyl (C=O) groups is 5. The van der Waals surface area contributed by atoms with Gasteiger partial charge in [0.25, 0.3) is 17.7 Å². The van der Waals surface area contributed by atoms with Crippen LogP contribution in [0.4, 0.5) is 10.5 Å². The van der Waals surface area contributed by atoms with Gasteiger partial charge in [-0.2, -0.15) is 0 Å². The zero-order chi connectivity index (χ0) is 47.4. The van der Waals surface area contributed by atoms with Crippen LogP contribution in [-0.2, 0) is 29.4 Å². The minimum Gasteiger partial charge on any atom is -0.448 e. The lowest BCUT2D eigenvalue weighted by atomic mass is 9.77. The molecule has 11 nitrogen and oxygen atoms in total. The van der Waals surface area contributed by atoms with Gasteiger partial charge in [-0.25, -0.2) is 9.59 Å². The Balaban J connectivity index is 0.995. The van der Waals surface area contributed by atoms with Crippen molar-refractivity contribution >= 4 is 47.2 Å². The number of fused-ring (bicyclic) bond motifs is 1. The standard InChI is InChI=1S/C56H50N4O7S/c1-55(2,3)67-54(65)57-46-51(63)60-47(53(64)66-48(37-19-9-4-10-20-37)38-21-11-5-12-22-38)41(36-68-52(46)60)35-40-33-34-59(50(40)62)45-31-29-39(30-32-45)49(61)58-56(42-23-13-6-14-24-42,43-25-15-7-16-26-43)44-27-17-8-18-28-44/h4-32,35,46,48,52H,33-34,36H2,1-3H3,(H,57,65)(H,58,61)/t46-,52-/m1/s1. The van der Waals surface area contributed by atoms with Gasteiger partial charge < -0.3 is 25.0 Å². The van der Waals surface area contributed by atoms with Crippen molar-refractivity contribution in [2.45, 2.75) is 55.9 Å². The molecule has 0 aromatic heterocycles. The molecule has 2 N–H and O–H groups in total. The Kier molecular flexibility index (Phi) is 12.9. The van der Waals surface area contributed by atoms with Gasteiger partial charge in [-0.05, 0) is 90.9 Å². The molecular weight excluding hydrogens is 873 g/mol. The molecule has 2 fully saturated rings. The summed E-state index contributed by atoms with van der Waals surface area (Å²) in [7, 11) is 0. The van der Waals surface area contributed by atoms with E-state index in [1.54, 1.807) is 56.0 Å². The monoisotopic (exact) mass is 922 g/mol. The highest BCUT2D eigenvalue weighted by Crippen LogP contribution is 2.43. The smallest absolute Gasteiger partial charge is 0.408 e. The summed E-state index contributed by atoms with van der Waals surface area (Å²) in [6, 6.07) is 54.3. The number of nitrogens with zero attached hydrogens (tertiary/aromatic N) is 2. The van der Waals surface area contributed by atoms with Gasteiger partial charge in [-0.1, -0.05) is 152 Å². The van der Waals surface area contributed by atoms with Crippen molar-refractivity contribution < 1.29 is 33.4 Å². The molecule has 0 unspecified atom stereocenters. The van der Waals surface area contributed by atoms with Gasteiger partial charge in [0.15, 0.2) is 6.10 Å². The molecule has 0 spiro atoms. The molecule has 0 bridgehead atoms. The zero-order valence-corrected chi connectivity index (χ0v) is 38.7. The minimum absolute atomic E-state index is 0.0181. The van der Waals surface area contributed by atoms with Crippen LogP contribution in [0.25, 0.3) is 0 Å². The van der Waals surface area contributed by atoms with Crippen LogP contribution in [0.2, 0.25) is 0 Å². The van der Waals surface area contributed by atoms with Crippen LogP contribution in [0.1, 0.15) is 71.5 Å². The van der Waals surface area contributed by atoms with Gasteiger partial charge >= 0.3 is 12.1 Å². The van der Waals surface area contributed by atoms with E-state index >= 15 is 0 Å². The van der Waals surface area contributed by atoms with Crippen molar-refractivity contribution in [2.75, 3.05) is 17.2 Å². The highest BCUT2D eigenvalue weighted by molar-refractivity contribution is 8.00. The van der Waals surface area contributed by atoms with E-state index in [0.29, 0.717) is 35.4 Å². The van der Waals surface area contributed by atoms with E-state index in [1.807, 2.05) is 152 Å². The number of hydrogen-bond donors (Lipinski definition) is 2. The molecule has 6 aromatic carbocycles. The van der Waals surface area contributed by atoms with Gasteiger partial charge in [-0.15, -0.1) is 11.8 Å². The first-order valence-electron chi connectivity index (χ1n) is 22.5. The molecule has 2 saturated heterocycles. The summed E-state index contributed by atoms with van der Waals surface area (Å²) in [6.07, 6.45) is 0.520. The first-order valence-corrected chi connectivity index (χ1v) is 23.6. The number of benzene rings is 6. The van der Waals surface area contributed by atoms with E-state index in [2.05, 4.69) is 10.6 Å². The van der Waals surface area contributed by atoms with Crippen molar-refractivity contribution in [3.8, 4) is 0 Å². The molecule has 3 heterocycles. The number of alkyl carbamates (subject to hydrolysis) is 1. The van der Waals surface area contributed by atoms with Crippen molar-refractivity contribution in [2.24, 2.45) is 0 Å². The van der Waals surface area contributed by atoms with E-state index in [9.17, 15) is 24.0 Å². The lowest BCUT2D eigenvalue weighted by Gasteiger charge is -2.49. The van der Waals surface area contributed by atoms with Crippen molar-refractivity contribution in [3.63, 3.8) is 0 Å². The molecule has 0 aliphatic carbocycles. The van der Waals surface area contributed by atoms with Gasteiger partial charge in [0, 0.05) is 29.1 Å². The lowest BCUT2D eigenvalue weighted by molar-refractivity contribution is -0.153. The molecule has 3 aliphatic heterocycles. The molecule has 68 heavy (non-hydrogen) atoms. The maximum atomic E-state index is 14.6. The molecule has 2 atom stereocenters. The molecule has 342 valence electrons. The van der Waals surface area contributed by atoms with Gasteiger partial charge in [0.2, 0.25) is 0 Å². The lowest BCUT2D eigenvalue weighted by Crippen LogP contribution is -2.70. The van der Waals surface area contributed by atoms with Crippen LogP contribution >= 0.6 is 11.8 Å². The minimum atomic E-state index is -1.01. The topological polar surface area (TPSA) is 134 Å². The number of anilines is 1. The fraction of sp³-hybridized carbons (Fsp3) is 0.196. The Morgan fingerprint density at radius 1 is 0.691 bits per heavy atom. The number of thioether (sulfide) groups is 1. The summed E-state index contributed by atoms with van der Waals surface area (Å²) in [5.74, 6) is -1.55. The Hall–Kier alpha value is -7.70. The molecule has 3 aliphatic rings. The fourth-order valence-electron chi connectivity index (χ4n) is 8.95. The Bertz CT molecular complexity index is 2750. The van der Waals surface area contributed by atoms with E-state index in [0.717, 1.165) is 27.8 Å². The van der Waals surface area contributed by atoms with Crippen LogP contribution in [0, 0.1) is 0 Å². The molecule has 12 heteroatoms.